The number of hydrogen-bond donors (Lipinski definition) is 0. The second-order valence-electron chi connectivity index (χ2n) is 4.94. The zero-order valence-corrected chi connectivity index (χ0v) is 12.2. The third-order valence-corrected chi connectivity index (χ3v) is 3.44. The topological polar surface area (TPSA) is 82.3 Å². The largest absolute Gasteiger partial charge is 0.457 e. The summed E-state index contributed by atoms with van der Waals surface area (Å²) >= 11 is 0. The van der Waals surface area contributed by atoms with Crippen LogP contribution in [0.25, 0.3) is 10.8 Å². The zero-order valence-electron chi connectivity index (χ0n) is 12.2. The molecule has 0 aliphatic carbocycles. The van der Waals surface area contributed by atoms with Gasteiger partial charge in [0, 0.05) is 29.4 Å². The smallest absolute Gasteiger partial charge is 0.279 e. The Balaban J connectivity index is 2.02. The van der Waals surface area contributed by atoms with E-state index in [1.807, 2.05) is 0 Å². The molecule has 0 amide bonds. The Labute approximate surface area is 131 Å². The van der Waals surface area contributed by atoms with E-state index in [2.05, 4.69) is 4.98 Å². The summed E-state index contributed by atoms with van der Waals surface area (Å²) in [6, 6.07) is 11.3. The Hall–Kier alpha value is -3.28. The summed E-state index contributed by atoms with van der Waals surface area (Å²) in [7, 11) is 0. The van der Waals surface area contributed by atoms with E-state index in [1.165, 1.54) is 19.2 Å². The summed E-state index contributed by atoms with van der Waals surface area (Å²) in [5.74, 6) is 1.01. The first-order valence-electron chi connectivity index (χ1n) is 6.86. The van der Waals surface area contributed by atoms with Gasteiger partial charge in [-0.1, -0.05) is 0 Å². The van der Waals surface area contributed by atoms with Gasteiger partial charge in [-0.3, -0.25) is 19.9 Å². The van der Waals surface area contributed by atoms with Gasteiger partial charge in [0.2, 0.25) is 0 Å². The summed E-state index contributed by atoms with van der Waals surface area (Å²) in [6.07, 6.45) is 3.00. The minimum atomic E-state index is -0.449. The molecule has 3 rings (SSSR count). The minimum absolute atomic E-state index is 0.0209. The normalized spacial score (nSPS) is 10.5. The molecule has 0 bridgehead atoms. The van der Waals surface area contributed by atoms with E-state index in [1.54, 1.807) is 42.6 Å². The van der Waals surface area contributed by atoms with Crippen LogP contribution < -0.4 is 4.74 Å². The average molecular weight is 308 g/mol. The molecule has 6 nitrogen and oxygen atoms in total. The second kappa shape index (κ2) is 5.84. The summed E-state index contributed by atoms with van der Waals surface area (Å²) in [5.41, 5.74) is 0.572. The molecular weight excluding hydrogens is 296 g/mol. The van der Waals surface area contributed by atoms with Crippen molar-refractivity contribution in [1.82, 2.24) is 4.98 Å². The van der Waals surface area contributed by atoms with Crippen molar-refractivity contribution in [2.75, 3.05) is 0 Å². The van der Waals surface area contributed by atoms with Crippen molar-refractivity contribution in [2.45, 2.75) is 6.92 Å². The van der Waals surface area contributed by atoms with Crippen molar-refractivity contribution in [3.63, 3.8) is 0 Å². The van der Waals surface area contributed by atoms with E-state index in [4.69, 9.17) is 4.74 Å². The lowest BCUT2D eigenvalue weighted by Crippen LogP contribution is -1.94. The Bertz CT molecular complexity index is 904. The molecule has 23 heavy (non-hydrogen) atoms. The van der Waals surface area contributed by atoms with Gasteiger partial charge in [-0.05, 0) is 43.3 Å². The molecule has 0 unspecified atom stereocenters. The summed E-state index contributed by atoms with van der Waals surface area (Å²) in [4.78, 5) is 25.9. The number of carbonyl (C=O) groups excluding carboxylic acids is 1. The number of nitro groups is 1. The van der Waals surface area contributed by atoms with Crippen molar-refractivity contribution < 1.29 is 14.5 Å². The number of rotatable bonds is 4. The van der Waals surface area contributed by atoms with Crippen LogP contribution in [0.4, 0.5) is 5.69 Å². The predicted molar refractivity (Wildman–Crippen MR) is 84.9 cm³/mol. The van der Waals surface area contributed by atoms with Crippen LogP contribution in [0, 0.1) is 10.1 Å². The van der Waals surface area contributed by atoms with Crippen molar-refractivity contribution in [2.24, 2.45) is 0 Å². The fraction of sp³-hybridized carbons (Fsp3) is 0.0588. The number of benzene rings is 2. The lowest BCUT2D eigenvalue weighted by atomic mass is 10.1. The van der Waals surface area contributed by atoms with Crippen LogP contribution in [0.1, 0.15) is 17.3 Å². The van der Waals surface area contributed by atoms with Gasteiger partial charge in [-0.2, -0.15) is 0 Å². The molecule has 1 heterocycles. The minimum Gasteiger partial charge on any atom is -0.457 e. The van der Waals surface area contributed by atoms with E-state index in [0.29, 0.717) is 27.8 Å². The Morgan fingerprint density at radius 3 is 2.48 bits per heavy atom. The molecule has 114 valence electrons. The van der Waals surface area contributed by atoms with Gasteiger partial charge in [0.25, 0.3) is 5.69 Å². The maximum atomic E-state index is 11.3. The number of fused-ring (bicyclic) bond motifs is 1. The molecule has 2 aromatic carbocycles. The van der Waals surface area contributed by atoms with Gasteiger partial charge in [0.1, 0.15) is 11.5 Å². The van der Waals surface area contributed by atoms with Crippen LogP contribution in [0.5, 0.6) is 11.5 Å². The molecule has 0 aliphatic rings. The first-order chi connectivity index (χ1) is 11.1. The summed E-state index contributed by atoms with van der Waals surface area (Å²) in [6.45, 7) is 1.49. The Morgan fingerprint density at radius 1 is 1.09 bits per heavy atom. The van der Waals surface area contributed by atoms with Crippen molar-refractivity contribution in [3.05, 3.63) is 70.5 Å². The second-order valence-corrected chi connectivity index (χ2v) is 4.94. The van der Waals surface area contributed by atoms with Crippen LogP contribution in [0.2, 0.25) is 0 Å². The van der Waals surface area contributed by atoms with Gasteiger partial charge in [-0.25, -0.2) is 0 Å². The molecule has 0 atom stereocenters. The third-order valence-electron chi connectivity index (χ3n) is 3.44. The molecule has 0 radical (unpaired) electrons. The molecule has 0 aliphatic heterocycles. The summed E-state index contributed by atoms with van der Waals surface area (Å²) < 4.78 is 5.80. The van der Waals surface area contributed by atoms with E-state index in [-0.39, 0.29) is 11.5 Å². The van der Waals surface area contributed by atoms with Crippen LogP contribution in [0.3, 0.4) is 0 Å². The SMILES string of the molecule is CC(=O)c1ccc(Oc2ccc([N+](=O)[O-])c3cnccc23)cc1. The molecule has 0 saturated carbocycles. The zero-order chi connectivity index (χ0) is 16.4. The van der Waals surface area contributed by atoms with Crippen molar-refractivity contribution in [1.29, 1.82) is 0 Å². The van der Waals surface area contributed by atoms with E-state index in [9.17, 15) is 14.9 Å². The number of pyridine rings is 1. The maximum Gasteiger partial charge on any atom is 0.279 e. The van der Waals surface area contributed by atoms with Crippen molar-refractivity contribution >= 4 is 22.2 Å². The lowest BCUT2D eigenvalue weighted by molar-refractivity contribution is -0.383. The fourth-order valence-electron chi connectivity index (χ4n) is 2.28. The number of carbonyl (C=O) groups is 1. The average Bonchev–Trinajstić information content (AvgIpc) is 2.55. The maximum absolute atomic E-state index is 11.3. The molecule has 0 N–H and O–H groups in total. The van der Waals surface area contributed by atoms with Crippen LogP contribution in [-0.2, 0) is 0 Å². The number of ketones is 1. The standard InChI is InChI=1S/C17H12N2O4/c1-11(20)12-2-4-13(5-3-12)23-17-7-6-16(19(21)22)15-10-18-9-8-14(15)17/h2-10H,1H3. The van der Waals surface area contributed by atoms with Crippen LogP contribution in [-0.4, -0.2) is 15.7 Å². The van der Waals surface area contributed by atoms with Gasteiger partial charge in [-0.15, -0.1) is 0 Å². The molecule has 0 spiro atoms. The molecule has 0 saturated heterocycles. The van der Waals surface area contributed by atoms with Crippen LogP contribution in [0.15, 0.2) is 54.9 Å². The first-order valence-corrected chi connectivity index (χ1v) is 6.86. The highest BCUT2D eigenvalue weighted by molar-refractivity contribution is 5.95. The van der Waals surface area contributed by atoms with Gasteiger partial charge in [0.15, 0.2) is 5.78 Å². The number of aromatic nitrogens is 1. The number of ether oxygens (including phenoxy) is 1. The highest BCUT2D eigenvalue weighted by atomic mass is 16.6. The van der Waals surface area contributed by atoms with Crippen LogP contribution >= 0.6 is 0 Å². The number of nitro benzene ring substituents is 1. The molecule has 6 heteroatoms. The van der Waals surface area contributed by atoms with Gasteiger partial charge < -0.3 is 4.74 Å². The molecular formula is C17H12N2O4. The molecule has 3 aromatic rings. The van der Waals surface area contributed by atoms with E-state index >= 15 is 0 Å². The third kappa shape index (κ3) is 2.87. The number of non-ortho nitro benzene ring substituents is 1. The van der Waals surface area contributed by atoms with Gasteiger partial charge >= 0.3 is 0 Å². The Kier molecular flexibility index (Phi) is 3.72. The monoisotopic (exact) mass is 308 g/mol. The molecule has 0 fully saturated rings. The molecule has 1 aromatic heterocycles. The lowest BCUT2D eigenvalue weighted by Gasteiger charge is -2.09. The first kappa shape index (κ1) is 14.6. The van der Waals surface area contributed by atoms with Gasteiger partial charge in [0.05, 0.1) is 10.3 Å². The van der Waals surface area contributed by atoms with E-state index < -0.39 is 4.92 Å². The quantitative estimate of drug-likeness (QED) is 0.411. The summed E-state index contributed by atoms with van der Waals surface area (Å²) in [5, 5.41) is 12.1. The highest BCUT2D eigenvalue weighted by Gasteiger charge is 2.15. The fourth-order valence-corrected chi connectivity index (χ4v) is 2.28. The Morgan fingerprint density at radius 2 is 1.83 bits per heavy atom. The predicted octanol–water partition coefficient (Wildman–Crippen LogP) is 4.14. The number of hydrogen-bond acceptors (Lipinski definition) is 5. The highest BCUT2D eigenvalue weighted by Crippen LogP contribution is 2.34. The van der Waals surface area contributed by atoms with Crippen molar-refractivity contribution in [3.8, 4) is 11.5 Å². The number of Topliss-reactive ketones (excluding diaryl/α,β-unsaturated/α-hetero) is 1. The number of nitrogens with zero attached hydrogens (tertiary/aromatic N) is 2. The van der Waals surface area contributed by atoms with E-state index in [0.717, 1.165) is 0 Å².